The Balaban J connectivity index is 1.90. The fourth-order valence-corrected chi connectivity index (χ4v) is 4.57. The molecule has 1 N–H and O–H groups in total. The lowest BCUT2D eigenvalue weighted by Crippen LogP contribution is -2.25. The Morgan fingerprint density at radius 1 is 1.35 bits per heavy atom. The van der Waals surface area contributed by atoms with Crippen molar-refractivity contribution in [3.05, 3.63) is 51.4 Å². The molecule has 0 radical (unpaired) electrons. The molecule has 1 atom stereocenters. The maximum absolute atomic E-state index is 12.7. The van der Waals surface area contributed by atoms with E-state index >= 15 is 0 Å². The van der Waals surface area contributed by atoms with E-state index in [0.29, 0.717) is 12.1 Å². The summed E-state index contributed by atoms with van der Waals surface area (Å²) in [6.45, 7) is 1.62. The number of halogens is 3. The van der Waals surface area contributed by atoms with Crippen LogP contribution in [0, 0.1) is 6.92 Å². The molecule has 0 aliphatic carbocycles. The Bertz CT molecular complexity index is 1020. The van der Waals surface area contributed by atoms with Gasteiger partial charge in [0.25, 0.3) is 5.56 Å². The number of nitrogens with zero attached hydrogens (tertiary/aromatic N) is 2. The van der Waals surface area contributed by atoms with Crippen molar-refractivity contribution in [3.8, 4) is 0 Å². The molecule has 1 aliphatic heterocycles. The van der Waals surface area contributed by atoms with Crippen LogP contribution < -0.4 is 5.56 Å². The van der Waals surface area contributed by atoms with Crippen molar-refractivity contribution < 1.29 is 21.6 Å². The fraction of sp³-hybridized carbons (Fsp3) is 0.375. The predicted molar refractivity (Wildman–Crippen MR) is 90.8 cm³/mol. The summed E-state index contributed by atoms with van der Waals surface area (Å²) in [7, 11) is -3.16. The first kappa shape index (κ1) is 18.4. The molecule has 1 aromatic carbocycles. The smallest absolute Gasteiger partial charge is 0.299 e. The van der Waals surface area contributed by atoms with E-state index in [9.17, 15) is 26.4 Å². The van der Waals surface area contributed by atoms with Crippen molar-refractivity contribution in [1.29, 1.82) is 0 Å². The van der Waals surface area contributed by atoms with E-state index in [2.05, 4.69) is 10.1 Å². The monoisotopic (exact) mass is 387 g/mol. The van der Waals surface area contributed by atoms with E-state index in [1.54, 1.807) is 6.92 Å². The highest BCUT2D eigenvalue weighted by Gasteiger charge is 2.31. The van der Waals surface area contributed by atoms with Gasteiger partial charge in [-0.15, -0.1) is 0 Å². The van der Waals surface area contributed by atoms with Gasteiger partial charge in [0.1, 0.15) is 0 Å². The SMILES string of the molecule is Cc1[nH]n(C2CCS(=O)(=O)C2)c(=O)c1C=Nc1cccc(C(F)(F)F)c1. The van der Waals surface area contributed by atoms with Crippen LogP contribution in [-0.4, -0.2) is 35.9 Å². The molecule has 1 saturated heterocycles. The second-order valence-electron chi connectivity index (χ2n) is 6.19. The zero-order valence-electron chi connectivity index (χ0n) is 13.7. The van der Waals surface area contributed by atoms with Gasteiger partial charge in [0.2, 0.25) is 0 Å². The Morgan fingerprint density at radius 2 is 2.08 bits per heavy atom. The van der Waals surface area contributed by atoms with Crippen LogP contribution in [0.25, 0.3) is 0 Å². The third-order valence-corrected chi connectivity index (χ3v) is 5.98. The molecule has 0 spiro atoms. The maximum atomic E-state index is 12.7. The number of aryl methyl sites for hydroxylation is 1. The van der Waals surface area contributed by atoms with Crippen LogP contribution >= 0.6 is 0 Å². The van der Waals surface area contributed by atoms with Crippen LogP contribution in [0.1, 0.15) is 29.3 Å². The number of hydrogen-bond acceptors (Lipinski definition) is 4. The molecule has 2 aromatic rings. The van der Waals surface area contributed by atoms with Crippen LogP contribution in [-0.2, 0) is 16.0 Å². The van der Waals surface area contributed by atoms with Gasteiger partial charge in [0, 0.05) is 11.9 Å². The van der Waals surface area contributed by atoms with Gasteiger partial charge < -0.3 is 0 Å². The van der Waals surface area contributed by atoms with Crippen LogP contribution in [0.4, 0.5) is 18.9 Å². The zero-order valence-corrected chi connectivity index (χ0v) is 14.6. The summed E-state index contributed by atoms with van der Waals surface area (Å²) in [5.41, 5.74) is -0.552. The quantitative estimate of drug-likeness (QED) is 0.822. The summed E-state index contributed by atoms with van der Waals surface area (Å²) >= 11 is 0. The Morgan fingerprint density at radius 3 is 2.69 bits per heavy atom. The Labute approximate surface area is 147 Å². The standard InChI is InChI=1S/C16H16F3N3O3S/c1-10-14(8-20-12-4-2-3-11(7-12)16(17,18)19)15(23)22(21-10)13-5-6-26(24,25)9-13/h2-4,7-8,13,21H,5-6,9H2,1H3. The average molecular weight is 387 g/mol. The third kappa shape index (κ3) is 3.74. The highest BCUT2D eigenvalue weighted by molar-refractivity contribution is 7.91. The zero-order chi connectivity index (χ0) is 19.1. The van der Waals surface area contributed by atoms with E-state index in [1.807, 2.05) is 0 Å². The molecule has 0 saturated carbocycles. The van der Waals surface area contributed by atoms with Crippen molar-refractivity contribution in [2.75, 3.05) is 11.5 Å². The maximum Gasteiger partial charge on any atom is 0.416 e. The molecule has 140 valence electrons. The van der Waals surface area contributed by atoms with Crippen LogP contribution in [0.3, 0.4) is 0 Å². The van der Waals surface area contributed by atoms with Gasteiger partial charge in [0.05, 0.1) is 34.4 Å². The molecule has 1 fully saturated rings. The molecule has 0 bridgehead atoms. The summed E-state index contributed by atoms with van der Waals surface area (Å²) in [5, 5.41) is 2.83. The largest absolute Gasteiger partial charge is 0.416 e. The first-order chi connectivity index (χ1) is 12.1. The number of aliphatic imine (C=N–C) groups is 1. The van der Waals surface area contributed by atoms with E-state index < -0.39 is 33.2 Å². The molecule has 3 rings (SSSR count). The summed E-state index contributed by atoms with van der Waals surface area (Å²) in [6.07, 6.45) is -2.94. The number of aromatic amines is 1. The molecule has 1 aliphatic rings. The number of hydrogen-bond donors (Lipinski definition) is 1. The molecule has 6 nitrogen and oxygen atoms in total. The van der Waals surface area contributed by atoms with Crippen LogP contribution in [0.5, 0.6) is 0 Å². The lowest BCUT2D eigenvalue weighted by Gasteiger charge is -2.07. The minimum atomic E-state index is -4.48. The van der Waals surface area contributed by atoms with Gasteiger partial charge in [-0.2, -0.15) is 13.2 Å². The minimum Gasteiger partial charge on any atom is -0.299 e. The average Bonchev–Trinajstić information content (AvgIpc) is 3.04. The van der Waals surface area contributed by atoms with Crippen molar-refractivity contribution in [2.24, 2.45) is 4.99 Å². The number of sulfone groups is 1. The highest BCUT2D eigenvalue weighted by atomic mass is 32.2. The summed E-state index contributed by atoms with van der Waals surface area (Å²) in [4.78, 5) is 16.5. The van der Waals surface area contributed by atoms with Crippen molar-refractivity contribution in [2.45, 2.75) is 25.6 Å². The van der Waals surface area contributed by atoms with Crippen LogP contribution in [0.15, 0.2) is 34.1 Å². The number of alkyl halides is 3. The predicted octanol–water partition coefficient (Wildman–Crippen LogP) is 2.61. The molecular weight excluding hydrogens is 371 g/mol. The molecule has 26 heavy (non-hydrogen) atoms. The van der Waals surface area contributed by atoms with Crippen LogP contribution in [0.2, 0.25) is 0 Å². The molecule has 0 amide bonds. The third-order valence-electron chi connectivity index (χ3n) is 4.23. The Hall–Kier alpha value is -2.36. The van der Waals surface area contributed by atoms with E-state index in [4.69, 9.17) is 0 Å². The van der Waals surface area contributed by atoms with E-state index in [-0.39, 0.29) is 22.8 Å². The van der Waals surface area contributed by atoms with Crippen molar-refractivity contribution >= 4 is 21.7 Å². The van der Waals surface area contributed by atoms with Crippen molar-refractivity contribution in [1.82, 2.24) is 9.78 Å². The summed E-state index contributed by atoms with van der Waals surface area (Å²) in [6, 6.07) is 3.99. The van der Waals surface area contributed by atoms with E-state index in [1.165, 1.54) is 23.0 Å². The van der Waals surface area contributed by atoms with Gasteiger partial charge in [-0.25, -0.2) is 13.1 Å². The summed E-state index contributed by atoms with van der Waals surface area (Å²) in [5.74, 6) is -0.0904. The second kappa shape index (κ2) is 6.42. The van der Waals surface area contributed by atoms with Gasteiger partial charge in [-0.05, 0) is 31.5 Å². The minimum absolute atomic E-state index is 0.0236. The lowest BCUT2D eigenvalue weighted by molar-refractivity contribution is -0.137. The first-order valence-corrected chi connectivity index (χ1v) is 9.62. The molecule has 1 unspecified atom stereocenters. The first-order valence-electron chi connectivity index (χ1n) is 7.80. The Kier molecular flexibility index (Phi) is 4.55. The summed E-state index contributed by atoms with van der Waals surface area (Å²) < 4.78 is 62.7. The van der Waals surface area contributed by atoms with E-state index in [0.717, 1.165) is 12.1 Å². The topological polar surface area (TPSA) is 84.3 Å². The van der Waals surface area contributed by atoms with Gasteiger partial charge >= 0.3 is 6.18 Å². The number of benzene rings is 1. The number of rotatable bonds is 3. The second-order valence-corrected chi connectivity index (χ2v) is 8.42. The number of aromatic nitrogens is 2. The molecular formula is C16H16F3N3O3S. The molecule has 2 heterocycles. The number of H-pyrrole nitrogens is 1. The van der Waals surface area contributed by atoms with Crippen molar-refractivity contribution in [3.63, 3.8) is 0 Å². The molecule has 10 heteroatoms. The normalized spacial score (nSPS) is 20.1. The number of nitrogens with one attached hydrogen (secondary N) is 1. The fourth-order valence-electron chi connectivity index (χ4n) is 2.87. The lowest BCUT2D eigenvalue weighted by atomic mass is 10.2. The van der Waals surface area contributed by atoms with Gasteiger partial charge in [0.15, 0.2) is 9.84 Å². The molecule has 1 aromatic heterocycles. The highest BCUT2D eigenvalue weighted by Crippen LogP contribution is 2.31. The van der Waals surface area contributed by atoms with Gasteiger partial charge in [-0.3, -0.25) is 14.9 Å². The van der Waals surface area contributed by atoms with Gasteiger partial charge in [-0.1, -0.05) is 6.07 Å².